The van der Waals surface area contributed by atoms with E-state index in [4.69, 9.17) is 0 Å². The summed E-state index contributed by atoms with van der Waals surface area (Å²) in [5, 5.41) is 9.95. The summed E-state index contributed by atoms with van der Waals surface area (Å²) in [5.41, 5.74) is 4.30. The van der Waals surface area contributed by atoms with Crippen molar-refractivity contribution in [2.24, 2.45) is 0 Å². The highest BCUT2D eigenvalue weighted by Gasteiger charge is 2.23. The van der Waals surface area contributed by atoms with E-state index < -0.39 is 0 Å². The zero-order chi connectivity index (χ0) is 12.4. The third-order valence-corrected chi connectivity index (χ3v) is 4.44. The lowest BCUT2D eigenvalue weighted by Gasteiger charge is -2.28. The van der Waals surface area contributed by atoms with Gasteiger partial charge in [0, 0.05) is 0 Å². The lowest BCUT2D eigenvalue weighted by Crippen LogP contribution is -2.11. The molecule has 2 aliphatic rings. The molecular weight excluding hydrogens is 220 g/mol. The van der Waals surface area contributed by atoms with Gasteiger partial charge in [0.1, 0.15) is 0 Å². The summed E-state index contributed by atoms with van der Waals surface area (Å²) < 4.78 is 0. The maximum atomic E-state index is 9.95. The summed E-state index contributed by atoms with van der Waals surface area (Å²) in [7, 11) is 0. The molecule has 1 aromatic carbocycles. The average molecular weight is 242 g/mol. The molecule has 96 valence electrons. The zero-order valence-corrected chi connectivity index (χ0v) is 10.9. The zero-order valence-electron chi connectivity index (χ0n) is 10.9. The summed E-state index contributed by atoms with van der Waals surface area (Å²) in [6.45, 7) is 0. The standard InChI is InChI=1S/C17H22O/c18-15-9-2-1-6-14(12-15)17-11-4-3-10-16(17)13-7-5-8-13/h3-4,10-13,15,18H,1-2,5-9H2. The van der Waals surface area contributed by atoms with Crippen LogP contribution in [-0.2, 0) is 0 Å². The first-order valence-electron chi connectivity index (χ1n) is 7.32. The molecule has 0 aliphatic heterocycles. The van der Waals surface area contributed by atoms with Crippen molar-refractivity contribution in [1.29, 1.82) is 0 Å². The number of benzene rings is 1. The van der Waals surface area contributed by atoms with Gasteiger partial charge in [0.2, 0.25) is 0 Å². The number of allylic oxidation sites excluding steroid dienone is 1. The largest absolute Gasteiger partial charge is 0.389 e. The highest BCUT2D eigenvalue weighted by molar-refractivity contribution is 5.69. The van der Waals surface area contributed by atoms with Gasteiger partial charge in [0.05, 0.1) is 6.10 Å². The first-order chi connectivity index (χ1) is 8.84. The number of hydrogen-bond acceptors (Lipinski definition) is 1. The number of rotatable bonds is 2. The molecule has 0 spiro atoms. The van der Waals surface area contributed by atoms with E-state index in [0.29, 0.717) is 0 Å². The fraction of sp³-hybridized carbons (Fsp3) is 0.529. The van der Waals surface area contributed by atoms with Gasteiger partial charge in [-0.25, -0.2) is 0 Å². The topological polar surface area (TPSA) is 20.2 Å². The van der Waals surface area contributed by atoms with Gasteiger partial charge in [-0.1, -0.05) is 43.2 Å². The highest BCUT2D eigenvalue weighted by Crippen LogP contribution is 2.41. The molecule has 1 N–H and O–H groups in total. The molecule has 1 fully saturated rings. The van der Waals surface area contributed by atoms with Crippen LogP contribution in [0.4, 0.5) is 0 Å². The first-order valence-corrected chi connectivity index (χ1v) is 7.32. The third kappa shape index (κ3) is 2.37. The Kier molecular flexibility index (Phi) is 3.51. The van der Waals surface area contributed by atoms with Crippen LogP contribution in [0.25, 0.3) is 5.57 Å². The maximum absolute atomic E-state index is 9.95. The minimum atomic E-state index is -0.239. The van der Waals surface area contributed by atoms with Crippen LogP contribution in [0, 0.1) is 0 Å². The summed E-state index contributed by atoms with van der Waals surface area (Å²) >= 11 is 0. The van der Waals surface area contributed by atoms with Crippen LogP contribution in [-0.4, -0.2) is 11.2 Å². The van der Waals surface area contributed by atoms with Crippen LogP contribution in [0.5, 0.6) is 0 Å². The van der Waals surface area contributed by atoms with E-state index >= 15 is 0 Å². The molecule has 1 aromatic rings. The second-order valence-electron chi connectivity index (χ2n) is 5.72. The van der Waals surface area contributed by atoms with E-state index in [1.54, 1.807) is 0 Å². The number of aliphatic hydroxyl groups excluding tert-OH is 1. The Morgan fingerprint density at radius 3 is 2.56 bits per heavy atom. The van der Waals surface area contributed by atoms with E-state index in [-0.39, 0.29) is 6.10 Å². The normalized spacial score (nSPS) is 25.2. The lowest BCUT2D eigenvalue weighted by atomic mass is 9.77. The number of aliphatic hydroxyl groups is 1. The van der Waals surface area contributed by atoms with Gasteiger partial charge in [0.25, 0.3) is 0 Å². The van der Waals surface area contributed by atoms with Gasteiger partial charge in [0.15, 0.2) is 0 Å². The van der Waals surface area contributed by atoms with E-state index in [1.165, 1.54) is 42.4 Å². The third-order valence-electron chi connectivity index (χ3n) is 4.44. The van der Waals surface area contributed by atoms with Crippen molar-refractivity contribution >= 4 is 5.57 Å². The lowest BCUT2D eigenvalue weighted by molar-refractivity contribution is 0.211. The van der Waals surface area contributed by atoms with Gasteiger partial charge >= 0.3 is 0 Å². The van der Waals surface area contributed by atoms with Crippen molar-refractivity contribution in [1.82, 2.24) is 0 Å². The van der Waals surface area contributed by atoms with Crippen molar-refractivity contribution in [2.45, 2.75) is 57.0 Å². The van der Waals surface area contributed by atoms with Crippen molar-refractivity contribution in [3.05, 3.63) is 41.5 Å². The Morgan fingerprint density at radius 2 is 1.78 bits per heavy atom. The molecule has 1 nitrogen and oxygen atoms in total. The van der Waals surface area contributed by atoms with Crippen LogP contribution in [0.15, 0.2) is 30.3 Å². The van der Waals surface area contributed by atoms with E-state index in [9.17, 15) is 5.11 Å². The van der Waals surface area contributed by atoms with Gasteiger partial charge in [-0.15, -0.1) is 0 Å². The molecule has 1 unspecified atom stereocenters. The van der Waals surface area contributed by atoms with Crippen molar-refractivity contribution in [3.8, 4) is 0 Å². The molecule has 1 saturated carbocycles. The Hall–Kier alpha value is -1.08. The van der Waals surface area contributed by atoms with E-state index in [1.807, 2.05) is 0 Å². The molecule has 3 rings (SSSR count). The molecule has 1 heteroatoms. The second-order valence-corrected chi connectivity index (χ2v) is 5.72. The Labute approximate surface area is 110 Å². The van der Waals surface area contributed by atoms with Crippen LogP contribution >= 0.6 is 0 Å². The molecule has 2 aliphatic carbocycles. The molecule has 1 atom stereocenters. The first kappa shape index (κ1) is 12.0. The fourth-order valence-corrected chi connectivity index (χ4v) is 3.16. The average Bonchev–Trinajstić information content (AvgIpc) is 2.52. The predicted molar refractivity (Wildman–Crippen MR) is 75.5 cm³/mol. The van der Waals surface area contributed by atoms with E-state index in [0.717, 1.165) is 25.2 Å². The Bertz CT molecular complexity index is 443. The molecule has 0 radical (unpaired) electrons. The van der Waals surface area contributed by atoms with Crippen LogP contribution in [0.1, 0.15) is 62.0 Å². The molecule has 0 bridgehead atoms. The molecular formula is C17H22O. The van der Waals surface area contributed by atoms with Crippen molar-refractivity contribution in [2.75, 3.05) is 0 Å². The van der Waals surface area contributed by atoms with Gasteiger partial charge in [-0.3, -0.25) is 0 Å². The van der Waals surface area contributed by atoms with E-state index in [2.05, 4.69) is 30.3 Å². The molecule has 0 amide bonds. The Balaban J connectivity index is 1.94. The van der Waals surface area contributed by atoms with Gasteiger partial charge in [-0.05, 0) is 54.7 Å². The van der Waals surface area contributed by atoms with Crippen LogP contribution in [0.3, 0.4) is 0 Å². The summed E-state index contributed by atoms with van der Waals surface area (Å²) in [4.78, 5) is 0. The minimum absolute atomic E-state index is 0.239. The maximum Gasteiger partial charge on any atom is 0.0726 e. The molecule has 0 aromatic heterocycles. The van der Waals surface area contributed by atoms with Crippen molar-refractivity contribution in [3.63, 3.8) is 0 Å². The van der Waals surface area contributed by atoms with Crippen LogP contribution < -0.4 is 0 Å². The minimum Gasteiger partial charge on any atom is -0.389 e. The van der Waals surface area contributed by atoms with Crippen molar-refractivity contribution < 1.29 is 5.11 Å². The van der Waals surface area contributed by atoms with Gasteiger partial charge in [-0.2, -0.15) is 0 Å². The van der Waals surface area contributed by atoms with Gasteiger partial charge < -0.3 is 5.11 Å². The monoisotopic (exact) mass is 242 g/mol. The fourth-order valence-electron chi connectivity index (χ4n) is 3.16. The molecule has 0 heterocycles. The highest BCUT2D eigenvalue weighted by atomic mass is 16.3. The summed E-state index contributed by atoms with van der Waals surface area (Å²) in [6, 6.07) is 8.83. The van der Waals surface area contributed by atoms with Crippen LogP contribution in [0.2, 0.25) is 0 Å². The summed E-state index contributed by atoms with van der Waals surface area (Å²) in [5.74, 6) is 0.766. The smallest absolute Gasteiger partial charge is 0.0726 e. The predicted octanol–water partition coefficient (Wildman–Crippen LogP) is 4.27. The quantitative estimate of drug-likeness (QED) is 0.821. The molecule has 0 saturated heterocycles. The Morgan fingerprint density at radius 1 is 0.944 bits per heavy atom. The SMILES string of the molecule is OC1C=C(c2ccccc2C2CCC2)CCCC1. The second kappa shape index (κ2) is 5.27. The number of hydrogen-bond donors (Lipinski definition) is 1. The summed E-state index contributed by atoms with van der Waals surface area (Å²) in [6.07, 6.45) is 10.3. The molecule has 18 heavy (non-hydrogen) atoms.